The number of aryl methyl sites for hydroxylation is 2. The molecule has 5 rings (SSSR count). The minimum atomic E-state index is -3.56. The number of carbonyl (C=O) groups is 1. The summed E-state index contributed by atoms with van der Waals surface area (Å²) < 4.78 is 34.6. The molecule has 2 aliphatic heterocycles. The van der Waals surface area contributed by atoms with Gasteiger partial charge in [-0.25, -0.2) is 13.4 Å². The van der Waals surface area contributed by atoms with Crippen LogP contribution in [0.3, 0.4) is 0 Å². The quantitative estimate of drug-likeness (QED) is 0.484. The number of ether oxygens (including phenoxy) is 1. The molecule has 2 aromatic carbocycles. The molecule has 35 heavy (non-hydrogen) atoms. The Kier molecular flexibility index (Phi) is 6.94. The van der Waals surface area contributed by atoms with E-state index in [1.54, 1.807) is 17.0 Å². The summed E-state index contributed by atoms with van der Waals surface area (Å²) >= 11 is 1.53. The molecule has 2 fully saturated rings. The second-order valence-electron chi connectivity index (χ2n) is 9.49. The van der Waals surface area contributed by atoms with Crippen LogP contribution in [-0.4, -0.2) is 56.0 Å². The predicted molar refractivity (Wildman–Crippen MR) is 138 cm³/mol. The third-order valence-corrected chi connectivity index (χ3v) is 9.93. The summed E-state index contributed by atoms with van der Waals surface area (Å²) in [7, 11) is -3.56. The molecule has 1 amide bonds. The van der Waals surface area contributed by atoms with Gasteiger partial charge in [0.1, 0.15) is 0 Å². The van der Waals surface area contributed by atoms with Gasteiger partial charge in [0, 0.05) is 25.6 Å². The SMILES string of the molecule is Cc1ccc(S(=O)(=O)N2CCC(C(=O)N(CC3CCCO3)c3nc4c(C)cccc4s3)CC2)cc1. The normalized spacial score (nSPS) is 19.9. The first-order chi connectivity index (χ1) is 16.8. The summed E-state index contributed by atoms with van der Waals surface area (Å²) in [6.45, 7) is 5.84. The molecular formula is C26H31N3O4S2. The first kappa shape index (κ1) is 24.4. The lowest BCUT2D eigenvalue weighted by Crippen LogP contribution is -2.46. The van der Waals surface area contributed by atoms with Crippen LogP contribution in [-0.2, 0) is 19.6 Å². The molecule has 186 valence electrons. The summed E-state index contributed by atoms with van der Waals surface area (Å²) in [5.74, 6) is -0.224. The van der Waals surface area contributed by atoms with Crippen molar-refractivity contribution in [3.05, 3.63) is 53.6 Å². The number of benzene rings is 2. The van der Waals surface area contributed by atoms with Crippen LogP contribution in [0.5, 0.6) is 0 Å². The number of nitrogens with zero attached hydrogens (tertiary/aromatic N) is 3. The number of carbonyl (C=O) groups excluding carboxylic acids is 1. The van der Waals surface area contributed by atoms with Crippen LogP contribution in [0.1, 0.15) is 36.8 Å². The number of sulfonamides is 1. The van der Waals surface area contributed by atoms with E-state index in [1.807, 2.05) is 44.2 Å². The van der Waals surface area contributed by atoms with Crippen molar-refractivity contribution < 1.29 is 17.9 Å². The maximum absolute atomic E-state index is 13.8. The number of piperidine rings is 1. The van der Waals surface area contributed by atoms with E-state index in [1.165, 1.54) is 15.6 Å². The number of fused-ring (bicyclic) bond motifs is 1. The van der Waals surface area contributed by atoms with Crippen molar-refractivity contribution in [1.82, 2.24) is 9.29 Å². The Morgan fingerprint density at radius 1 is 1.11 bits per heavy atom. The van der Waals surface area contributed by atoms with Crippen LogP contribution in [0.25, 0.3) is 10.2 Å². The number of hydrogen-bond acceptors (Lipinski definition) is 6. The minimum Gasteiger partial charge on any atom is -0.376 e. The van der Waals surface area contributed by atoms with Gasteiger partial charge in [0.2, 0.25) is 15.9 Å². The molecule has 1 atom stereocenters. The molecule has 3 heterocycles. The van der Waals surface area contributed by atoms with Gasteiger partial charge in [-0.1, -0.05) is 41.2 Å². The van der Waals surface area contributed by atoms with Crippen LogP contribution in [0.15, 0.2) is 47.4 Å². The fourth-order valence-corrected chi connectivity index (χ4v) is 7.39. The number of hydrogen-bond donors (Lipinski definition) is 0. The Labute approximate surface area is 210 Å². The van der Waals surface area contributed by atoms with E-state index in [4.69, 9.17) is 9.72 Å². The minimum absolute atomic E-state index is 0.00839. The summed E-state index contributed by atoms with van der Waals surface area (Å²) in [4.78, 5) is 20.7. The maximum Gasteiger partial charge on any atom is 0.243 e. The summed E-state index contributed by atoms with van der Waals surface area (Å²) in [5.41, 5.74) is 3.03. The van der Waals surface area contributed by atoms with Gasteiger partial charge in [-0.15, -0.1) is 0 Å². The highest BCUT2D eigenvalue weighted by molar-refractivity contribution is 7.89. The number of aromatic nitrogens is 1. The third-order valence-electron chi connectivity index (χ3n) is 6.98. The zero-order valence-electron chi connectivity index (χ0n) is 20.1. The maximum atomic E-state index is 13.8. The lowest BCUT2D eigenvalue weighted by molar-refractivity contribution is -0.123. The zero-order valence-corrected chi connectivity index (χ0v) is 21.8. The standard InChI is InChI=1S/C26H31N3O4S2/c1-18-8-10-22(11-9-18)35(31,32)28-14-12-20(13-15-28)25(30)29(17-21-6-4-16-33-21)26-27-24-19(2)5-3-7-23(24)34-26/h3,5,7-11,20-21H,4,6,12-17H2,1-2H3. The second-order valence-corrected chi connectivity index (χ2v) is 12.4. The Hall–Kier alpha value is -2.33. The van der Waals surface area contributed by atoms with E-state index >= 15 is 0 Å². The van der Waals surface area contributed by atoms with E-state index in [-0.39, 0.29) is 17.9 Å². The molecule has 7 nitrogen and oxygen atoms in total. The molecule has 0 saturated carbocycles. The Morgan fingerprint density at radius 2 is 1.86 bits per heavy atom. The van der Waals surface area contributed by atoms with Crippen LogP contribution < -0.4 is 4.90 Å². The first-order valence-corrected chi connectivity index (χ1v) is 14.4. The highest BCUT2D eigenvalue weighted by Gasteiger charge is 2.36. The van der Waals surface area contributed by atoms with Crippen molar-refractivity contribution in [3.8, 4) is 0 Å². The third kappa shape index (κ3) is 5.00. The van der Waals surface area contributed by atoms with Gasteiger partial charge in [0.25, 0.3) is 0 Å². The van der Waals surface area contributed by atoms with Gasteiger partial charge < -0.3 is 4.74 Å². The fourth-order valence-electron chi connectivity index (χ4n) is 4.87. The van der Waals surface area contributed by atoms with Gasteiger partial charge in [-0.05, 0) is 63.3 Å². The van der Waals surface area contributed by atoms with E-state index in [2.05, 4.69) is 0 Å². The number of anilines is 1. The van der Waals surface area contributed by atoms with E-state index in [9.17, 15) is 13.2 Å². The van der Waals surface area contributed by atoms with Crippen LogP contribution in [0, 0.1) is 19.8 Å². The molecule has 1 unspecified atom stereocenters. The molecule has 0 N–H and O–H groups in total. The van der Waals surface area contributed by atoms with Crippen LogP contribution >= 0.6 is 11.3 Å². The number of rotatable bonds is 6. The lowest BCUT2D eigenvalue weighted by atomic mass is 9.96. The van der Waals surface area contributed by atoms with Crippen molar-refractivity contribution in [3.63, 3.8) is 0 Å². The highest BCUT2D eigenvalue weighted by Crippen LogP contribution is 2.34. The van der Waals surface area contributed by atoms with Gasteiger partial charge in [-0.3, -0.25) is 9.69 Å². The lowest BCUT2D eigenvalue weighted by Gasteiger charge is -2.33. The molecule has 2 saturated heterocycles. The Bertz CT molecular complexity index is 1310. The fraction of sp³-hybridized carbons (Fsp3) is 0.462. The van der Waals surface area contributed by atoms with Gasteiger partial charge in [0.15, 0.2) is 5.13 Å². The molecule has 0 aliphatic carbocycles. The van der Waals surface area contributed by atoms with Gasteiger partial charge in [-0.2, -0.15) is 4.31 Å². The summed E-state index contributed by atoms with van der Waals surface area (Å²) in [5, 5.41) is 0.699. The average molecular weight is 514 g/mol. The first-order valence-electron chi connectivity index (χ1n) is 12.2. The molecule has 0 spiro atoms. The van der Waals surface area contributed by atoms with Gasteiger partial charge in [0.05, 0.1) is 27.8 Å². The van der Waals surface area contributed by atoms with Gasteiger partial charge >= 0.3 is 0 Å². The number of thiazole rings is 1. The van der Waals surface area contributed by atoms with E-state index < -0.39 is 10.0 Å². The summed E-state index contributed by atoms with van der Waals surface area (Å²) in [6.07, 6.45) is 2.93. The zero-order chi connectivity index (χ0) is 24.6. The number of amides is 1. The van der Waals surface area contributed by atoms with Crippen molar-refractivity contribution in [2.45, 2.75) is 50.5 Å². The molecular weight excluding hydrogens is 482 g/mol. The molecule has 0 bridgehead atoms. The smallest absolute Gasteiger partial charge is 0.243 e. The predicted octanol–water partition coefficient (Wildman–Crippen LogP) is 4.53. The van der Waals surface area contributed by atoms with Crippen LogP contribution in [0.2, 0.25) is 0 Å². The van der Waals surface area contributed by atoms with Crippen molar-refractivity contribution in [2.75, 3.05) is 31.1 Å². The molecule has 3 aromatic rings. The van der Waals surface area contributed by atoms with Crippen molar-refractivity contribution in [1.29, 1.82) is 0 Å². The topological polar surface area (TPSA) is 79.8 Å². The largest absolute Gasteiger partial charge is 0.376 e. The van der Waals surface area contributed by atoms with Crippen molar-refractivity contribution in [2.24, 2.45) is 5.92 Å². The molecule has 0 radical (unpaired) electrons. The highest BCUT2D eigenvalue weighted by atomic mass is 32.2. The van der Waals surface area contributed by atoms with E-state index in [0.29, 0.717) is 42.5 Å². The Balaban J connectivity index is 1.34. The molecule has 2 aliphatic rings. The molecule has 9 heteroatoms. The monoisotopic (exact) mass is 513 g/mol. The number of para-hydroxylation sites is 1. The summed E-state index contributed by atoms with van der Waals surface area (Å²) in [6, 6.07) is 13.0. The second kappa shape index (κ2) is 9.97. The van der Waals surface area contributed by atoms with Crippen LogP contribution in [0.4, 0.5) is 5.13 Å². The average Bonchev–Trinajstić information content (AvgIpc) is 3.53. The molecule has 1 aromatic heterocycles. The Morgan fingerprint density at radius 3 is 2.51 bits per heavy atom. The van der Waals surface area contributed by atoms with Crippen molar-refractivity contribution >= 4 is 42.6 Å². The van der Waals surface area contributed by atoms with E-state index in [0.717, 1.165) is 40.8 Å².